The van der Waals surface area contributed by atoms with Crippen molar-refractivity contribution in [2.75, 3.05) is 0 Å². The van der Waals surface area contributed by atoms with E-state index in [-0.39, 0.29) is 18.1 Å². The minimum Gasteiger partial charge on any atom is -0.349 e. The van der Waals surface area contributed by atoms with Crippen LogP contribution < -0.4 is 5.32 Å². The first-order valence-electron chi connectivity index (χ1n) is 8.92. The van der Waals surface area contributed by atoms with E-state index in [2.05, 4.69) is 14.9 Å². The summed E-state index contributed by atoms with van der Waals surface area (Å²) in [4.78, 5) is 28.9. The number of carbonyl (C=O) groups is 2. The lowest BCUT2D eigenvalue weighted by Gasteiger charge is -2.33. The third-order valence-electron chi connectivity index (χ3n) is 3.99. The number of rotatable bonds is 6. The van der Waals surface area contributed by atoms with Crippen LogP contribution in [0.2, 0.25) is 0 Å². The third kappa shape index (κ3) is 5.45. The molecule has 2 heterocycles. The Kier molecular flexibility index (Phi) is 6.39. The predicted molar refractivity (Wildman–Crippen MR) is 111 cm³/mol. The molecule has 29 heavy (non-hydrogen) atoms. The van der Waals surface area contributed by atoms with Crippen molar-refractivity contribution in [3.8, 4) is 0 Å². The number of hydrogen-bond donors (Lipinski definition) is 1. The third-order valence-corrected chi connectivity index (χ3v) is 5.36. The van der Waals surface area contributed by atoms with Gasteiger partial charge >= 0.3 is 0 Å². The van der Waals surface area contributed by atoms with Gasteiger partial charge in [0.05, 0.1) is 6.54 Å². The molecular weight excluding hydrogens is 411 g/mol. The van der Waals surface area contributed by atoms with Gasteiger partial charge in [-0.3, -0.25) is 9.59 Å². The van der Waals surface area contributed by atoms with Gasteiger partial charge in [0.15, 0.2) is 5.69 Å². The van der Waals surface area contributed by atoms with Crippen molar-refractivity contribution in [1.82, 2.24) is 19.8 Å². The average Bonchev–Trinajstić information content (AvgIpc) is 3.34. The van der Waals surface area contributed by atoms with Crippen molar-refractivity contribution >= 4 is 34.7 Å². The lowest BCUT2D eigenvalue weighted by molar-refractivity contribution is -0.127. The van der Waals surface area contributed by atoms with Crippen LogP contribution in [0.4, 0.5) is 4.39 Å². The molecule has 1 aromatic carbocycles. The SMILES string of the molecule is CC(C)(C)NC(=O)[C@H](c1ccc(F)cc1)N(Cc1cccs1)C(=O)c1csnn1. The monoisotopic (exact) mass is 432 g/mol. The molecule has 0 saturated carbocycles. The molecule has 0 spiro atoms. The lowest BCUT2D eigenvalue weighted by Crippen LogP contribution is -2.49. The second-order valence-electron chi connectivity index (χ2n) is 7.50. The van der Waals surface area contributed by atoms with Gasteiger partial charge in [-0.2, -0.15) is 0 Å². The van der Waals surface area contributed by atoms with Gasteiger partial charge in [0.1, 0.15) is 11.9 Å². The summed E-state index contributed by atoms with van der Waals surface area (Å²) >= 11 is 2.55. The van der Waals surface area contributed by atoms with Gasteiger partial charge in [-0.25, -0.2) is 4.39 Å². The Hall–Kier alpha value is -2.65. The smallest absolute Gasteiger partial charge is 0.276 e. The van der Waals surface area contributed by atoms with Crippen LogP contribution in [0.15, 0.2) is 47.2 Å². The summed E-state index contributed by atoms with van der Waals surface area (Å²) in [6.07, 6.45) is 0. The van der Waals surface area contributed by atoms with E-state index in [0.29, 0.717) is 5.56 Å². The average molecular weight is 433 g/mol. The highest BCUT2D eigenvalue weighted by Crippen LogP contribution is 2.27. The van der Waals surface area contributed by atoms with Crippen LogP contribution in [-0.4, -0.2) is 31.8 Å². The van der Waals surface area contributed by atoms with E-state index in [4.69, 9.17) is 0 Å². The number of nitrogens with one attached hydrogen (secondary N) is 1. The Balaban J connectivity index is 2.06. The van der Waals surface area contributed by atoms with E-state index in [1.807, 2.05) is 38.3 Å². The highest BCUT2D eigenvalue weighted by molar-refractivity contribution is 7.09. The molecule has 6 nitrogen and oxygen atoms in total. The summed E-state index contributed by atoms with van der Waals surface area (Å²) in [7, 11) is 0. The first-order chi connectivity index (χ1) is 13.7. The fourth-order valence-electron chi connectivity index (χ4n) is 2.81. The Bertz CT molecular complexity index is 952. The Labute approximate surface area is 176 Å². The number of halogens is 1. The first kappa shape index (κ1) is 21.1. The summed E-state index contributed by atoms with van der Waals surface area (Å²) in [6.45, 7) is 5.81. The number of hydrogen-bond acceptors (Lipinski definition) is 6. The summed E-state index contributed by atoms with van der Waals surface area (Å²) in [5, 5.41) is 10.3. The van der Waals surface area contributed by atoms with Gasteiger partial charge in [0, 0.05) is 15.8 Å². The number of benzene rings is 1. The molecule has 0 saturated heterocycles. The molecule has 0 fully saturated rings. The van der Waals surface area contributed by atoms with E-state index in [1.165, 1.54) is 40.5 Å². The quantitative estimate of drug-likeness (QED) is 0.638. The molecule has 0 aliphatic heterocycles. The highest BCUT2D eigenvalue weighted by atomic mass is 32.1. The highest BCUT2D eigenvalue weighted by Gasteiger charge is 2.34. The molecule has 2 amide bonds. The molecule has 0 unspecified atom stereocenters. The normalized spacial score (nSPS) is 12.4. The zero-order valence-electron chi connectivity index (χ0n) is 16.3. The van der Waals surface area contributed by atoms with Crippen molar-refractivity contribution < 1.29 is 14.0 Å². The summed E-state index contributed by atoms with van der Waals surface area (Å²) < 4.78 is 17.3. The van der Waals surface area contributed by atoms with E-state index in [1.54, 1.807) is 5.38 Å². The zero-order chi connectivity index (χ0) is 21.0. The second-order valence-corrected chi connectivity index (χ2v) is 9.14. The molecule has 3 rings (SSSR count). The molecule has 2 aromatic heterocycles. The summed E-state index contributed by atoms with van der Waals surface area (Å²) in [5.74, 6) is -1.17. The number of carbonyl (C=O) groups excluding carboxylic acids is 2. The topological polar surface area (TPSA) is 75.2 Å². The Morgan fingerprint density at radius 2 is 1.93 bits per heavy atom. The van der Waals surface area contributed by atoms with Crippen LogP contribution in [0.1, 0.15) is 47.7 Å². The van der Waals surface area contributed by atoms with Gasteiger partial charge in [0.2, 0.25) is 5.91 Å². The minimum absolute atomic E-state index is 0.169. The summed E-state index contributed by atoms with van der Waals surface area (Å²) in [6, 6.07) is 8.44. The molecule has 9 heteroatoms. The van der Waals surface area contributed by atoms with Gasteiger partial charge in [-0.05, 0) is 61.4 Å². The molecule has 0 radical (unpaired) electrons. The van der Waals surface area contributed by atoms with Gasteiger partial charge in [0.25, 0.3) is 5.91 Å². The molecule has 0 aliphatic carbocycles. The maximum atomic E-state index is 13.5. The Morgan fingerprint density at radius 3 is 2.48 bits per heavy atom. The molecule has 0 aliphatic rings. The van der Waals surface area contributed by atoms with Gasteiger partial charge in [-0.15, -0.1) is 16.4 Å². The van der Waals surface area contributed by atoms with E-state index in [0.717, 1.165) is 16.4 Å². The van der Waals surface area contributed by atoms with Crippen molar-refractivity contribution in [1.29, 1.82) is 0 Å². The largest absolute Gasteiger partial charge is 0.349 e. The first-order valence-corrected chi connectivity index (χ1v) is 10.6. The zero-order valence-corrected chi connectivity index (χ0v) is 17.9. The van der Waals surface area contributed by atoms with E-state index >= 15 is 0 Å². The minimum atomic E-state index is -0.953. The van der Waals surface area contributed by atoms with Crippen molar-refractivity contribution in [3.63, 3.8) is 0 Å². The van der Waals surface area contributed by atoms with E-state index in [9.17, 15) is 14.0 Å². The maximum absolute atomic E-state index is 13.5. The predicted octanol–water partition coefficient (Wildman–Crippen LogP) is 4.04. The molecule has 0 bridgehead atoms. The lowest BCUT2D eigenvalue weighted by atomic mass is 10.0. The maximum Gasteiger partial charge on any atom is 0.276 e. The van der Waals surface area contributed by atoms with Crippen LogP contribution in [0.3, 0.4) is 0 Å². The van der Waals surface area contributed by atoms with Crippen LogP contribution in [0.25, 0.3) is 0 Å². The van der Waals surface area contributed by atoms with Gasteiger partial charge < -0.3 is 10.2 Å². The number of amides is 2. The fourth-order valence-corrected chi connectivity index (χ4v) is 3.94. The molecule has 3 aromatic rings. The molecule has 152 valence electrons. The van der Waals surface area contributed by atoms with Crippen LogP contribution in [-0.2, 0) is 11.3 Å². The van der Waals surface area contributed by atoms with Gasteiger partial charge in [-0.1, -0.05) is 22.7 Å². The Morgan fingerprint density at radius 1 is 1.21 bits per heavy atom. The van der Waals surface area contributed by atoms with Crippen LogP contribution in [0, 0.1) is 5.82 Å². The van der Waals surface area contributed by atoms with Crippen molar-refractivity contribution in [2.24, 2.45) is 0 Å². The molecule has 1 N–H and O–H groups in total. The van der Waals surface area contributed by atoms with Crippen LogP contribution >= 0.6 is 22.9 Å². The molecular formula is C20H21FN4O2S2. The fraction of sp³-hybridized carbons (Fsp3) is 0.300. The van der Waals surface area contributed by atoms with Crippen molar-refractivity contribution in [2.45, 2.75) is 38.9 Å². The number of nitrogens with zero attached hydrogens (tertiary/aromatic N) is 3. The van der Waals surface area contributed by atoms with Crippen molar-refractivity contribution in [3.05, 3.63) is 69.1 Å². The number of aromatic nitrogens is 2. The number of thiophene rings is 1. The van der Waals surface area contributed by atoms with E-state index < -0.39 is 23.3 Å². The standard InChI is InChI=1S/C20H21FN4O2S2/c1-20(2,3)22-18(26)17(13-6-8-14(21)9-7-13)25(11-15-5-4-10-28-15)19(27)16-12-29-24-23-16/h4-10,12,17H,11H2,1-3H3,(H,22,26)/t17-/m0/s1. The van der Waals surface area contributed by atoms with Crippen LogP contribution in [0.5, 0.6) is 0 Å². The summed E-state index contributed by atoms with van der Waals surface area (Å²) in [5.41, 5.74) is 0.179. The second kappa shape index (κ2) is 8.79. The molecule has 1 atom stereocenters.